The number of hydrogen-bond donors (Lipinski definition) is 0. The number of hydrogen-bond acceptors (Lipinski definition) is 4. The van der Waals surface area contributed by atoms with Gasteiger partial charge in [-0.25, -0.2) is 4.39 Å². The van der Waals surface area contributed by atoms with Gasteiger partial charge >= 0.3 is 5.51 Å². The number of ether oxygens (including phenoxy) is 2. The highest BCUT2D eigenvalue weighted by atomic mass is 35.5. The van der Waals surface area contributed by atoms with Gasteiger partial charge in [0.2, 0.25) is 0 Å². The quantitative estimate of drug-likeness (QED) is 0.268. The Morgan fingerprint density at radius 1 is 1.06 bits per heavy atom. The maximum atomic E-state index is 15.1. The Kier molecular flexibility index (Phi) is 7.19. The fourth-order valence-electron chi connectivity index (χ4n) is 4.21. The molecule has 35 heavy (non-hydrogen) atoms. The van der Waals surface area contributed by atoms with E-state index in [-0.39, 0.29) is 39.4 Å². The summed E-state index contributed by atoms with van der Waals surface area (Å²) in [7, 11) is 2.98. The lowest BCUT2D eigenvalue weighted by atomic mass is 9.87. The summed E-state index contributed by atoms with van der Waals surface area (Å²) in [6.07, 6.45) is 0.450. The van der Waals surface area contributed by atoms with Crippen LogP contribution in [0.1, 0.15) is 33.1 Å². The zero-order valence-electron chi connectivity index (χ0n) is 18.7. The van der Waals surface area contributed by atoms with E-state index >= 15 is 4.39 Å². The van der Waals surface area contributed by atoms with Crippen LogP contribution in [-0.2, 0) is 6.42 Å². The average Bonchev–Trinajstić information content (AvgIpc) is 2.82. The minimum Gasteiger partial charge on any atom is -0.493 e. The van der Waals surface area contributed by atoms with Gasteiger partial charge in [-0.15, -0.1) is 0 Å². The Morgan fingerprint density at radius 2 is 1.71 bits per heavy atom. The second kappa shape index (κ2) is 9.99. The summed E-state index contributed by atoms with van der Waals surface area (Å²) >= 11 is 6.16. The zero-order valence-corrected chi connectivity index (χ0v) is 20.2. The van der Waals surface area contributed by atoms with Gasteiger partial charge in [0.1, 0.15) is 5.82 Å². The highest BCUT2D eigenvalue weighted by Crippen LogP contribution is 2.44. The lowest BCUT2D eigenvalue weighted by Crippen LogP contribution is -2.41. The molecular formula is C25H20ClF4NO3S. The highest BCUT2D eigenvalue weighted by Gasteiger charge is 2.37. The van der Waals surface area contributed by atoms with E-state index in [2.05, 4.69) is 0 Å². The summed E-state index contributed by atoms with van der Waals surface area (Å²) in [5.74, 6) is -0.133. The molecule has 1 amide bonds. The molecule has 4 nitrogen and oxygen atoms in total. The first-order chi connectivity index (χ1) is 16.6. The molecule has 0 N–H and O–H groups in total. The van der Waals surface area contributed by atoms with Crippen molar-refractivity contribution < 1.29 is 31.8 Å². The SMILES string of the molecule is COc1cc2c(cc1OC)C(c1c(F)cccc1Cl)N(C(=O)c1ccc(SC(F)(F)F)cc1)CC2. The maximum Gasteiger partial charge on any atom is 0.446 e. The number of thioether (sulfide) groups is 1. The van der Waals surface area contributed by atoms with Crippen molar-refractivity contribution >= 4 is 29.3 Å². The van der Waals surface area contributed by atoms with Gasteiger partial charge < -0.3 is 14.4 Å². The van der Waals surface area contributed by atoms with Crippen LogP contribution in [0.15, 0.2) is 59.5 Å². The number of amides is 1. The second-order valence-corrected chi connectivity index (χ2v) is 9.31. The third-order valence-electron chi connectivity index (χ3n) is 5.74. The molecule has 10 heteroatoms. The first-order valence-electron chi connectivity index (χ1n) is 10.5. The molecule has 3 aromatic carbocycles. The van der Waals surface area contributed by atoms with Crippen molar-refractivity contribution in [2.45, 2.75) is 22.9 Å². The standard InChI is InChI=1S/C25H20ClF4NO3S/c1-33-20-12-15-10-11-31(24(32)14-6-8-16(9-7-14)35-25(28,29)30)23(17(15)13-21(20)34-2)22-18(26)4-3-5-19(22)27/h3-9,12-13,23H,10-11H2,1-2H3. The molecule has 4 rings (SSSR count). The molecule has 1 aliphatic heterocycles. The van der Waals surface area contributed by atoms with E-state index in [9.17, 15) is 18.0 Å². The van der Waals surface area contributed by atoms with Crippen LogP contribution in [0, 0.1) is 5.82 Å². The van der Waals surface area contributed by atoms with Crippen LogP contribution >= 0.6 is 23.4 Å². The Bertz CT molecular complexity index is 1230. The topological polar surface area (TPSA) is 38.8 Å². The number of benzene rings is 3. The third kappa shape index (κ3) is 5.21. The summed E-state index contributed by atoms with van der Waals surface area (Å²) in [5.41, 5.74) is -2.67. The molecule has 1 unspecified atom stereocenters. The van der Waals surface area contributed by atoms with E-state index in [0.29, 0.717) is 23.5 Å². The molecule has 0 aliphatic carbocycles. The molecular weight excluding hydrogens is 506 g/mol. The number of carbonyl (C=O) groups excluding carboxylic acids is 1. The van der Waals surface area contributed by atoms with Crippen LogP contribution in [0.5, 0.6) is 11.5 Å². The average molecular weight is 526 g/mol. The van der Waals surface area contributed by atoms with Gasteiger partial charge in [-0.05, 0) is 77.8 Å². The lowest BCUT2D eigenvalue weighted by Gasteiger charge is -2.38. The van der Waals surface area contributed by atoms with E-state index in [1.807, 2.05) is 0 Å². The zero-order chi connectivity index (χ0) is 25.3. The van der Waals surface area contributed by atoms with Crippen molar-refractivity contribution in [2.24, 2.45) is 0 Å². The predicted octanol–water partition coefficient (Wildman–Crippen LogP) is 6.90. The summed E-state index contributed by atoms with van der Waals surface area (Å²) in [6, 6.07) is 12.0. The van der Waals surface area contributed by atoms with Gasteiger partial charge in [-0.3, -0.25) is 4.79 Å². The second-order valence-electron chi connectivity index (χ2n) is 7.76. The molecule has 3 aromatic rings. The molecule has 0 saturated heterocycles. The predicted molar refractivity (Wildman–Crippen MR) is 126 cm³/mol. The largest absolute Gasteiger partial charge is 0.493 e. The van der Waals surface area contributed by atoms with Crippen molar-refractivity contribution in [1.82, 2.24) is 4.90 Å². The van der Waals surface area contributed by atoms with Gasteiger partial charge in [-0.1, -0.05) is 17.7 Å². The van der Waals surface area contributed by atoms with Crippen LogP contribution < -0.4 is 9.47 Å². The minimum atomic E-state index is -4.44. The van der Waals surface area contributed by atoms with Crippen molar-refractivity contribution in [2.75, 3.05) is 20.8 Å². The molecule has 1 atom stereocenters. The van der Waals surface area contributed by atoms with Crippen molar-refractivity contribution in [1.29, 1.82) is 0 Å². The molecule has 0 bridgehead atoms. The van der Waals surface area contributed by atoms with E-state index in [4.69, 9.17) is 21.1 Å². The number of nitrogens with zero attached hydrogens (tertiary/aromatic N) is 1. The van der Waals surface area contributed by atoms with Gasteiger partial charge in [0, 0.05) is 27.6 Å². The Balaban J connectivity index is 1.80. The molecule has 0 saturated carbocycles. The lowest BCUT2D eigenvalue weighted by molar-refractivity contribution is -0.0328. The number of carbonyl (C=O) groups is 1. The summed E-state index contributed by atoms with van der Waals surface area (Å²) < 4.78 is 64.0. The van der Waals surface area contributed by atoms with Crippen LogP contribution in [0.3, 0.4) is 0 Å². The first kappa shape index (κ1) is 25.2. The van der Waals surface area contributed by atoms with Gasteiger partial charge in [-0.2, -0.15) is 13.2 Å². The van der Waals surface area contributed by atoms with Crippen molar-refractivity contribution in [3.63, 3.8) is 0 Å². The van der Waals surface area contributed by atoms with Crippen LogP contribution in [0.25, 0.3) is 0 Å². The Morgan fingerprint density at radius 3 is 2.31 bits per heavy atom. The molecule has 1 heterocycles. The van der Waals surface area contributed by atoms with E-state index in [1.165, 1.54) is 55.5 Å². The van der Waals surface area contributed by atoms with Crippen LogP contribution in [0.4, 0.5) is 17.6 Å². The highest BCUT2D eigenvalue weighted by molar-refractivity contribution is 8.00. The molecule has 0 spiro atoms. The van der Waals surface area contributed by atoms with Gasteiger partial charge in [0.25, 0.3) is 5.91 Å². The summed E-state index contributed by atoms with van der Waals surface area (Å²) in [5, 5.41) is 0.146. The fraction of sp³-hybridized carbons (Fsp3) is 0.240. The number of alkyl halides is 3. The van der Waals surface area contributed by atoms with E-state index < -0.39 is 23.3 Å². The van der Waals surface area contributed by atoms with Crippen LogP contribution in [-0.4, -0.2) is 37.1 Å². The molecule has 1 aliphatic rings. The van der Waals surface area contributed by atoms with Gasteiger partial charge in [0.15, 0.2) is 11.5 Å². The number of rotatable bonds is 5. The molecule has 0 fully saturated rings. The fourth-order valence-corrected chi connectivity index (χ4v) is 5.02. The van der Waals surface area contributed by atoms with Gasteiger partial charge in [0.05, 0.1) is 20.3 Å². The number of halogens is 5. The summed E-state index contributed by atoms with van der Waals surface area (Å²) in [4.78, 5) is 15.0. The van der Waals surface area contributed by atoms with Crippen LogP contribution in [0.2, 0.25) is 5.02 Å². The maximum absolute atomic E-state index is 15.1. The number of fused-ring (bicyclic) bond motifs is 1. The van der Waals surface area contributed by atoms with E-state index in [1.54, 1.807) is 18.2 Å². The monoisotopic (exact) mass is 525 g/mol. The first-order valence-corrected chi connectivity index (χ1v) is 11.7. The van der Waals surface area contributed by atoms with Crippen molar-refractivity contribution in [3.8, 4) is 11.5 Å². The minimum absolute atomic E-state index is 0.0384. The normalized spacial score (nSPS) is 15.5. The van der Waals surface area contributed by atoms with E-state index in [0.717, 1.165) is 5.56 Å². The molecule has 0 radical (unpaired) electrons. The Hall–Kier alpha value is -2.91. The number of methoxy groups -OCH3 is 2. The molecule has 0 aromatic heterocycles. The summed E-state index contributed by atoms with van der Waals surface area (Å²) in [6.45, 7) is 0.232. The van der Waals surface area contributed by atoms with Crippen molar-refractivity contribution in [3.05, 3.63) is 87.7 Å². The smallest absolute Gasteiger partial charge is 0.446 e. The Labute approximate surface area is 208 Å². The molecule has 184 valence electrons. The third-order valence-corrected chi connectivity index (χ3v) is 6.81.